The Morgan fingerprint density at radius 2 is 0.982 bits per heavy atom. The molecule has 0 radical (unpaired) electrons. The molecular weight excluding hydrogens is 667 g/mol. The van der Waals surface area contributed by atoms with Crippen molar-refractivity contribution in [2.45, 2.75) is 19.3 Å². The maximum absolute atomic E-state index is 6.49. The molecular formula is C53H37NO. The number of furan rings is 1. The SMILES string of the molecule is CC1(C)c2ccccc2-c2ccc(N(c3ccc(-c4cccc5c4oc4ccccc45)cc3)c3c(-c4ccccc4)c4ccccc4c4ccccc34)cc21. The van der Waals surface area contributed by atoms with Crippen LogP contribution >= 0.6 is 0 Å². The molecule has 0 aliphatic heterocycles. The summed E-state index contributed by atoms with van der Waals surface area (Å²) in [5.41, 5.74) is 15.0. The molecule has 0 N–H and O–H groups in total. The molecule has 2 nitrogen and oxygen atoms in total. The average Bonchev–Trinajstić information content (AvgIpc) is 3.73. The second-order valence-electron chi connectivity index (χ2n) is 15.2. The topological polar surface area (TPSA) is 16.4 Å². The van der Waals surface area contributed by atoms with E-state index < -0.39 is 0 Å². The van der Waals surface area contributed by atoms with Crippen LogP contribution in [0.4, 0.5) is 17.1 Å². The number of anilines is 3. The summed E-state index contributed by atoms with van der Waals surface area (Å²) in [7, 11) is 0. The molecule has 0 bridgehead atoms. The van der Waals surface area contributed by atoms with E-state index in [1.165, 1.54) is 60.6 Å². The fourth-order valence-corrected chi connectivity index (χ4v) is 9.26. The fraction of sp³-hybridized carbons (Fsp3) is 0.0566. The van der Waals surface area contributed by atoms with Gasteiger partial charge in [-0.1, -0.05) is 172 Å². The first kappa shape index (κ1) is 31.6. The molecule has 9 aromatic carbocycles. The molecule has 1 heterocycles. The van der Waals surface area contributed by atoms with E-state index in [0.29, 0.717) is 0 Å². The van der Waals surface area contributed by atoms with Crippen LogP contribution in [-0.2, 0) is 5.41 Å². The zero-order chi connectivity index (χ0) is 36.7. The van der Waals surface area contributed by atoms with E-state index in [2.05, 4.69) is 201 Å². The number of benzene rings is 9. The van der Waals surface area contributed by atoms with Crippen molar-refractivity contribution in [1.29, 1.82) is 0 Å². The number of fused-ring (bicyclic) bond motifs is 9. The molecule has 55 heavy (non-hydrogen) atoms. The summed E-state index contributed by atoms with van der Waals surface area (Å²) < 4.78 is 6.49. The Labute approximate surface area is 320 Å². The van der Waals surface area contributed by atoms with Gasteiger partial charge in [-0.25, -0.2) is 0 Å². The van der Waals surface area contributed by atoms with Crippen molar-refractivity contribution >= 4 is 60.5 Å². The normalized spacial score (nSPS) is 13.1. The minimum atomic E-state index is -0.142. The molecule has 10 aromatic rings. The van der Waals surface area contributed by atoms with Gasteiger partial charge < -0.3 is 9.32 Å². The second kappa shape index (κ2) is 12.1. The van der Waals surface area contributed by atoms with E-state index in [-0.39, 0.29) is 5.41 Å². The molecule has 0 saturated heterocycles. The van der Waals surface area contributed by atoms with Gasteiger partial charge in [-0.2, -0.15) is 0 Å². The molecule has 0 spiro atoms. The van der Waals surface area contributed by atoms with Crippen LogP contribution < -0.4 is 4.90 Å². The van der Waals surface area contributed by atoms with Crippen molar-refractivity contribution < 1.29 is 4.42 Å². The standard InChI is InChI=1S/C53H37NO/c1-53(2)47-25-12-10-19-41(47)42-32-31-37(33-48(42)53)54(36-29-27-34(28-30-36)38-23-14-24-46-43-20-11-13-26-49(43)55-52(38)46)51-45-22-9-7-18-40(45)39-17-6-8-21-44(39)50(51)35-15-4-3-5-16-35/h3-33H,1-2H3. The summed E-state index contributed by atoms with van der Waals surface area (Å²) >= 11 is 0. The third-order valence-corrected chi connectivity index (χ3v) is 11.9. The van der Waals surface area contributed by atoms with Crippen molar-refractivity contribution in [3.05, 3.63) is 199 Å². The van der Waals surface area contributed by atoms with Crippen molar-refractivity contribution in [2.75, 3.05) is 4.90 Å². The Morgan fingerprint density at radius 1 is 0.400 bits per heavy atom. The first-order chi connectivity index (χ1) is 27.1. The minimum Gasteiger partial charge on any atom is -0.455 e. The van der Waals surface area contributed by atoms with E-state index in [4.69, 9.17) is 4.42 Å². The van der Waals surface area contributed by atoms with Crippen molar-refractivity contribution in [2.24, 2.45) is 0 Å². The first-order valence-electron chi connectivity index (χ1n) is 19.1. The highest BCUT2D eigenvalue weighted by Crippen LogP contribution is 2.53. The molecule has 0 saturated carbocycles. The first-order valence-corrected chi connectivity index (χ1v) is 19.1. The number of nitrogens with zero attached hydrogens (tertiary/aromatic N) is 1. The maximum Gasteiger partial charge on any atom is 0.143 e. The van der Waals surface area contributed by atoms with Crippen molar-refractivity contribution in [3.8, 4) is 33.4 Å². The van der Waals surface area contributed by atoms with E-state index in [1.54, 1.807) is 0 Å². The van der Waals surface area contributed by atoms with Crippen molar-refractivity contribution in [3.63, 3.8) is 0 Å². The predicted molar refractivity (Wildman–Crippen MR) is 232 cm³/mol. The lowest BCUT2D eigenvalue weighted by Gasteiger charge is -2.32. The van der Waals surface area contributed by atoms with Crippen LogP contribution in [0.25, 0.3) is 76.9 Å². The Balaban J connectivity index is 1.19. The lowest BCUT2D eigenvalue weighted by molar-refractivity contribution is 0.660. The Kier molecular flexibility index (Phi) is 6.93. The average molecular weight is 704 g/mol. The molecule has 1 aliphatic rings. The molecule has 0 amide bonds. The summed E-state index contributed by atoms with van der Waals surface area (Å²) in [6, 6.07) is 68.5. The monoisotopic (exact) mass is 703 g/mol. The smallest absolute Gasteiger partial charge is 0.143 e. The van der Waals surface area contributed by atoms with Crippen LogP contribution in [0.5, 0.6) is 0 Å². The lowest BCUT2D eigenvalue weighted by atomic mass is 9.82. The van der Waals surface area contributed by atoms with Gasteiger partial charge in [0.1, 0.15) is 11.2 Å². The summed E-state index contributed by atoms with van der Waals surface area (Å²) in [6.45, 7) is 4.72. The Hall–Kier alpha value is -6.90. The number of para-hydroxylation sites is 2. The van der Waals surface area contributed by atoms with Crippen LogP contribution in [0.3, 0.4) is 0 Å². The van der Waals surface area contributed by atoms with Gasteiger partial charge in [0.2, 0.25) is 0 Å². The largest absolute Gasteiger partial charge is 0.455 e. The van der Waals surface area contributed by atoms with Gasteiger partial charge in [-0.3, -0.25) is 0 Å². The van der Waals surface area contributed by atoms with Crippen LogP contribution in [0, 0.1) is 0 Å². The summed E-state index contributed by atoms with van der Waals surface area (Å²) in [5, 5.41) is 7.20. The van der Waals surface area contributed by atoms with Gasteiger partial charge >= 0.3 is 0 Å². The van der Waals surface area contributed by atoms with Gasteiger partial charge in [0.05, 0.1) is 5.69 Å². The van der Waals surface area contributed by atoms with Crippen molar-refractivity contribution in [1.82, 2.24) is 0 Å². The third kappa shape index (κ3) is 4.74. The van der Waals surface area contributed by atoms with Crippen LogP contribution in [0.15, 0.2) is 192 Å². The molecule has 11 rings (SSSR count). The molecule has 260 valence electrons. The third-order valence-electron chi connectivity index (χ3n) is 11.9. The summed E-state index contributed by atoms with van der Waals surface area (Å²) in [6.07, 6.45) is 0. The van der Waals surface area contributed by atoms with Gasteiger partial charge in [0, 0.05) is 44.1 Å². The molecule has 2 heteroatoms. The molecule has 1 aromatic heterocycles. The molecule has 0 atom stereocenters. The van der Waals surface area contributed by atoms with Gasteiger partial charge in [-0.05, 0) is 79.9 Å². The summed E-state index contributed by atoms with van der Waals surface area (Å²) in [5.74, 6) is 0. The van der Waals surface area contributed by atoms with Crippen LogP contribution in [0.2, 0.25) is 0 Å². The highest BCUT2D eigenvalue weighted by atomic mass is 16.3. The predicted octanol–water partition coefficient (Wildman–Crippen LogP) is 15.0. The van der Waals surface area contributed by atoms with E-state index >= 15 is 0 Å². The second-order valence-corrected chi connectivity index (χ2v) is 15.2. The highest BCUT2D eigenvalue weighted by Gasteiger charge is 2.36. The minimum absolute atomic E-state index is 0.142. The summed E-state index contributed by atoms with van der Waals surface area (Å²) in [4.78, 5) is 2.50. The highest BCUT2D eigenvalue weighted by molar-refractivity contribution is 6.22. The van der Waals surface area contributed by atoms with E-state index in [9.17, 15) is 0 Å². The number of rotatable bonds is 5. The van der Waals surface area contributed by atoms with Crippen LogP contribution in [-0.4, -0.2) is 0 Å². The van der Waals surface area contributed by atoms with Gasteiger partial charge in [0.25, 0.3) is 0 Å². The number of hydrogen-bond acceptors (Lipinski definition) is 2. The van der Waals surface area contributed by atoms with Crippen LogP contribution in [0.1, 0.15) is 25.0 Å². The number of hydrogen-bond donors (Lipinski definition) is 0. The Morgan fingerprint density at radius 3 is 1.78 bits per heavy atom. The fourth-order valence-electron chi connectivity index (χ4n) is 9.26. The molecule has 0 unspecified atom stereocenters. The van der Waals surface area contributed by atoms with Gasteiger partial charge in [0.15, 0.2) is 0 Å². The lowest BCUT2D eigenvalue weighted by Crippen LogP contribution is -2.17. The van der Waals surface area contributed by atoms with E-state index in [1.807, 2.05) is 6.07 Å². The van der Waals surface area contributed by atoms with Gasteiger partial charge in [-0.15, -0.1) is 0 Å². The Bertz CT molecular complexity index is 3110. The zero-order valence-corrected chi connectivity index (χ0v) is 30.8. The molecule has 1 aliphatic carbocycles. The van der Waals surface area contributed by atoms with E-state index in [0.717, 1.165) is 44.4 Å². The quantitative estimate of drug-likeness (QED) is 0.166. The maximum atomic E-state index is 6.49. The molecule has 0 fully saturated rings. The zero-order valence-electron chi connectivity index (χ0n) is 30.8.